The molecule has 1 aromatic heterocycles. The van der Waals surface area contributed by atoms with Crippen molar-refractivity contribution in [2.24, 2.45) is 5.18 Å². The molecule has 100 valence electrons. The smallest absolute Gasteiger partial charge is 0.356 e. The summed E-state index contributed by atoms with van der Waals surface area (Å²) in [6.07, 6.45) is -4.75. The molecule has 1 unspecified atom stereocenters. The van der Waals surface area contributed by atoms with E-state index in [4.69, 9.17) is 11.6 Å². The summed E-state index contributed by atoms with van der Waals surface area (Å²) < 4.78 is 43.6. The summed E-state index contributed by atoms with van der Waals surface area (Å²) in [6.45, 7) is 0. The van der Waals surface area contributed by atoms with Gasteiger partial charge in [-0.25, -0.2) is 0 Å². The largest absolute Gasteiger partial charge is 0.422 e. The Morgan fingerprint density at radius 1 is 1.26 bits per heavy atom. The van der Waals surface area contributed by atoms with E-state index in [1.54, 1.807) is 18.2 Å². The molecule has 0 aliphatic carbocycles. The second-order valence-corrected chi connectivity index (χ2v) is 3.99. The van der Waals surface area contributed by atoms with Crippen molar-refractivity contribution < 1.29 is 17.7 Å². The van der Waals surface area contributed by atoms with Crippen LogP contribution in [0.3, 0.4) is 0 Å². The molecule has 0 aliphatic rings. The van der Waals surface area contributed by atoms with Gasteiger partial charge in [0.15, 0.2) is 5.76 Å². The molecule has 0 aliphatic heterocycles. The van der Waals surface area contributed by atoms with Crippen molar-refractivity contribution in [2.75, 3.05) is 0 Å². The van der Waals surface area contributed by atoms with Gasteiger partial charge in [0.05, 0.1) is 0 Å². The lowest BCUT2D eigenvalue weighted by atomic mass is 10.1. The zero-order valence-electron chi connectivity index (χ0n) is 9.19. The van der Waals surface area contributed by atoms with Gasteiger partial charge in [-0.1, -0.05) is 47.1 Å². The summed E-state index contributed by atoms with van der Waals surface area (Å²) in [5.41, 5.74) is -3.17. The number of hydrogen-bond acceptors (Lipinski definition) is 4. The van der Waals surface area contributed by atoms with Crippen molar-refractivity contribution in [3.05, 3.63) is 46.6 Å². The van der Waals surface area contributed by atoms with Crippen LogP contribution in [0.25, 0.3) is 11.3 Å². The van der Waals surface area contributed by atoms with Crippen molar-refractivity contribution in [2.45, 2.75) is 11.7 Å². The van der Waals surface area contributed by atoms with Gasteiger partial charge in [0.2, 0.25) is 5.50 Å². The summed E-state index contributed by atoms with van der Waals surface area (Å²) in [5, 5.41) is 5.67. The molecule has 0 amide bonds. The molecular weight excluding hydrogens is 285 g/mol. The van der Waals surface area contributed by atoms with E-state index in [0.29, 0.717) is 0 Å². The van der Waals surface area contributed by atoms with Crippen LogP contribution in [-0.4, -0.2) is 5.16 Å². The standard InChI is InChI=1S/C11H6ClF3N2O2/c12-10(16-18)9-7(11(13,14)15)8(17-19-9)6-4-2-1-3-5-6/h1-5,10H. The van der Waals surface area contributed by atoms with Gasteiger partial charge in [-0.3, -0.25) is 0 Å². The fourth-order valence-corrected chi connectivity index (χ4v) is 1.73. The maximum atomic E-state index is 13.0. The quantitative estimate of drug-likeness (QED) is 0.479. The second-order valence-electron chi connectivity index (χ2n) is 3.58. The van der Waals surface area contributed by atoms with Crippen LogP contribution in [0.15, 0.2) is 40.0 Å². The molecule has 2 rings (SSSR count). The van der Waals surface area contributed by atoms with Gasteiger partial charge in [-0.05, 0) is 5.18 Å². The summed E-state index contributed by atoms with van der Waals surface area (Å²) in [7, 11) is 0. The van der Waals surface area contributed by atoms with Gasteiger partial charge in [0.1, 0.15) is 11.3 Å². The minimum atomic E-state index is -4.75. The molecule has 0 saturated carbocycles. The first kappa shape index (κ1) is 13.5. The normalized spacial score (nSPS) is 13.3. The number of nitroso groups, excluding NO2 is 1. The molecule has 8 heteroatoms. The highest BCUT2D eigenvalue weighted by atomic mass is 35.5. The molecule has 0 saturated heterocycles. The van der Waals surface area contributed by atoms with Crippen LogP contribution in [0.5, 0.6) is 0 Å². The molecule has 0 radical (unpaired) electrons. The molecule has 0 spiro atoms. The summed E-state index contributed by atoms with van der Waals surface area (Å²) in [4.78, 5) is 10.3. The van der Waals surface area contributed by atoms with Crippen molar-refractivity contribution in [1.82, 2.24) is 5.16 Å². The lowest BCUT2D eigenvalue weighted by molar-refractivity contribution is -0.138. The molecular formula is C11H6ClF3N2O2. The highest BCUT2D eigenvalue weighted by Crippen LogP contribution is 2.42. The Labute approximate surface area is 110 Å². The predicted octanol–water partition coefficient (Wildman–Crippen LogP) is 4.36. The first-order valence-electron chi connectivity index (χ1n) is 5.04. The summed E-state index contributed by atoms with van der Waals surface area (Å²) in [5.74, 6) is -0.803. The van der Waals surface area contributed by atoms with E-state index in [-0.39, 0.29) is 5.56 Å². The van der Waals surface area contributed by atoms with Crippen LogP contribution in [0.2, 0.25) is 0 Å². The predicted molar refractivity (Wildman–Crippen MR) is 61.3 cm³/mol. The summed E-state index contributed by atoms with van der Waals surface area (Å²) >= 11 is 5.39. The van der Waals surface area contributed by atoms with E-state index in [1.807, 2.05) is 0 Å². The Balaban J connectivity index is 2.64. The third kappa shape index (κ3) is 2.60. The van der Waals surface area contributed by atoms with Crippen LogP contribution in [0.4, 0.5) is 13.2 Å². The van der Waals surface area contributed by atoms with Gasteiger partial charge < -0.3 is 4.52 Å². The van der Waals surface area contributed by atoms with Crippen LogP contribution >= 0.6 is 11.6 Å². The molecule has 2 aromatic rings. The molecule has 1 atom stereocenters. The number of alkyl halides is 4. The summed E-state index contributed by atoms with van der Waals surface area (Å²) in [6, 6.07) is 7.64. The first-order valence-corrected chi connectivity index (χ1v) is 5.47. The van der Waals surface area contributed by atoms with Crippen LogP contribution in [0.1, 0.15) is 16.8 Å². The molecule has 0 fully saturated rings. The average Bonchev–Trinajstić information content (AvgIpc) is 2.83. The Hall–Kier alpha value is -1.89. The topological polar surface area (TPSA) is 55.5 Å². The Morgan fingerprint density at radius 3 is 2.42 bits per heavy atom. The van der Waals surface area contributed by atoms with Gasteiger partial charge in [-0.2, -0.15) is 13.2 Å². The Morgan fingerprint density at radius 2 is 1.89 bits per heavy atom. The van der Waals surface area contributed by atoms with Crippen LogP contribution in [-0.2, 0) is 6.18 Å². The molecule has 0 N–H and O–H groups in total. The maximum absolute atomic E-state index is 13.0. The van der Waals surface area contributed by atoms with Gasteiger partial charge >= 0.3 is 6.18 Å². The number of rotatable bonds is 3. The minimum absolute atomic E-state index is 0.208. The van der Waals surface area contributed by atoms with E-state index in [2.05, 4.69) is 14.9 Å². The van der Waals surface area contributed by atoms with E-state index in [0.717, 1.165) is 0 Å². The van der Waals surface area contributed by atoms with Crippen molar-refractivity contribution in [1.29, 1.82) is 0 Å². The molecule has 19 heavy (non-hydrogen) atoms. The fraction of sp³-hybridized carbons (Fsp3) is 0.182. The van der Waals surface area contributed by atoms with E-state index in [9.17, 15) is 18.1 Å². The van der Waals surface area contributed by atoms with E-state index in [1.165, 1.54) is 12.1 Å². The lowest BCUT2D eigenvalue weighted by Gasteiger charge is -2.08. The van der Waals surface area contributed by atoms with Crippen molar-refractivity contribution >= 4 is 11.6 Å². The average molecular weight is 291 g/mol. The second kappa shape index (κ2) is 5.00. The highest BCUT2D eigenvalue weighted by molar-refractivity contribution is 6.20. The van der Waals surface area contributed by atoms with Gasteiger partial charge in [-0.15, -0.1) is 4.91 Å². The highest BCUT2D eigenvalue weighted by Gasteiger charge is 2.42. The van der Waals surface area contributed by atoms with E-state index >= 15 is 0 Å². The van der Waals surface area contributed by atoms with E-state index < -0.39 is 28.7 Å². The third-order valence-corrected chi connectivity index (χ3v) is 2.64. The zero-order valence-corrected chi connectivity index (χ0v) is 9.94. The van der Waals surface area contributed by atoms with Crippen molar-refractivity contribution in [3.8, 4) is 11.3 Å². The van der Waals surface area contributed by atoms with Gasteiger partial charge in [0.25, 0.3) is 0 Å². The monoisotopic (exact) mass is 290 g/mol. The minimum Gasteiger partial charge on any atom is -0.356 e. The van der Waals surface area contributed by atoms with Gasteiger partial charge in [0, 0.05) is 5.56 Å². The lowest BCUT2D eigenvalue weighted by Crippen LogP contribution is -2.09. The number of hydrogen-bond donors (Lipinski definition) is 0. The third-order valence-electron chi connectivity index (χ3n) is 2.36. The number of nitrogens with zero attached hydrogens (tertiary/aromatic N) is 2. The SMILES string of the molecule is O=NC(Cl)c1onc(-c2ccccc2)c1C(F)(F)F. The van der Waals surface area contributed by atoms with Crippen LogP contribution in [0, 0.1) is 4.91 Å². The zero-order chi connectivity index (χ0) is 14.0. The Kier molecular flexibility index (Phi) is 3.57. The fourth-order valence-electron chi connectivity index (χ4n) is 1.58. The molecule has 1 heterocycles. The Bertz CT molecular complexity index is 583. The molecule has 0 bridgehead atoms. The number of halogens is 4. The van der Waals surface area contributed by atoms with Crippen LogP contribution < -0.4 is 0 Å². The number of aromatic nitrogens is 1. The molecule has 4 nitrogen and oxygen atoms in total. The van der Waals surface area contributed by atoms with Crippen molar-refractivity contribution in [3.63, 3.8) is 0 Å². The number of benzene rings is 1. The first-order chi connectivity index (χ1) is 8.95. The maximum Gasteiger partial charge on any atom is 0.422 e. The molecule has 1 aromatic carbocycles.